The van der Waals surface area contributed by atoms with Crippen LogP contribution in [-0.2, 0) is 16.1 Å². The summed E-state index contributed by atoms with van der Waals surface area (Å²) in [4.78, 5) is 32.1. The molecule has 30 heavy (non-hydrogen) atoms. The molecule has 0 spiro atoms. The predicted octanol–water partition coefficient (Wildman–Crippen LogP) is 2.84. The summed E-state index contributed by atoms with van der Waals surface area (Å²) >= 11 is 1.54. The molecular formula is C21H19N3O5S. The highest BCUT2D eigenvalue weighted by atomic mass is 32.1. The van der Waals surface area contributed by atoms with Crippen molar-refractivity contribution < 1.29 is 23.5 Å². The van der Waals surface area contributed by atoms with E-state index in [0.29, 0.717) is 48.5 Å². The summed E-state index contributed by atoms with van der Waals surface area (Å²) in [5.74, 6) is 1.13. The van der Waals surface area contributed by atoms with E-state index in [0.717, 1.165) is 4.88 Å². The van der Waals surface area contributed by atoms with Gasteiger partial charge in [-0.1, -0.05) is 6.07 Å². The molecule has 0 radical (unpaired) electrons. The van der Waals surface area contributed by atoms with Crippen molar-refractivity contribution >= 4 is 28.8 Å². The van der Waals surface area contributed by atoms with Crippen LogP contribution in [0.4, 0.5) is 5.69 Å². The minimum atomic E-state index is -0.422. The minimum absolute atomic E-state index is 0.0896. The lowest BCUT2D eigenvalue weighted by atomic mass is 10.1. The van der Waals surface area contributed by atoms with Gasteiger partial charge in [-0.3, -0.25) is 9.59 Å². The topological polar surface area (TPSA) is 93.9 Å². The highest BCUT2D eigenvalue weighted by molar-refractivity contribution is 7.13. The van der Waals surface area contributed by atoms with Gasteiger partial charge in [0, 0.05) is 24.7 Å². The molecule has 0 unspecified atom stereocenters. The van der Waals surface area contributed by atoms with Gasteiger partial charge in [0.25, 0.3) is 0 Å². The van der Waals surface area contributed by atoms with Gasteiger partial charge in [-0.2, -0.15) is 0 Å². The Bertz CT molecular complexity index is 1080. The molecule has 0 saturated carbocycles. The van der Waals surface area contributed by atoms with E-state index >= 15 is 0 Å². The molecule has 1 aromatic carbocycles. The second-order valence-electron chi connectivity index (χ2n) is 7.07. The van der Waals surface area contributed by atoms with E-state index in [1.54, 1.807) is 17.0 Å². The Labute approximate surface area is 176 Å². The third kappa shape index (κ3) is 3.63. The van der Waals surface area contributed by atoms with Crippen LogP contribution in [0, 0.1) is 5.92 Å². The number of oxazole rings is 1. The fourth-order valence-electron chi connectivity index (χ4n) is 3.56. The zero-order chi connectivity index (χ0) is 20.5. The van der Waals surface area contributed by atoms with Crippen molar-refractivity contribution in [2.75, 3.05) is 24.7 Å². The Hall–Kier alpha value is -3.33. The largest absolute Gasteiger partial charge is 0.486 e. The molecule has 9 heteroatoms. The van der Waals surface area contributed by atoms with Crippen molar-refractivity contribution in [1.29, 1.82) is 0 Å². The van der Waals surface area contributed by atoms with Crippen LogP contribution in [0.2, 0.25) is 0 Å². The van der Waals surface area contributed by atoms with Crippen LogP contribution in [0.5, 0.6) is 11.5 Å². The van der Waals surface area contributed by atoms with Crippen LogP contribution < -0.4 is 19.7 Å². The van der Waals surface area contributed by atoms with Gasteiger partial charge >= 0.3 is 0 Å². The molecule has 1 saturated heterocycles. The van der Waals surface area contributed by atoms with Crippen LogP contribution in [0.3, 0.4) is 0 Å². The van der Waals surface area contributed by atoms with Gasteiger partial charge in [-0.25, -0.2) is 4.98 Å². The number of carbonyl (C=O) groups is 2. The van der Waals surface area contributed by atoms with Crippen LogP contribution in [0.1, 0.15) is 12.1 Å². The molecule has 4 heterocycles. The SMILES string of the molecule is O=C(NCc1coc(-c2cccs2)n1)[C@@H]1CC(=O)N(c2ccc3c(c2)OCCO3)C1. The van der Waals surface area contributed by atoms with Crippen LogP contribution in [0.25, 0.3) is 10.8 Å². The first-order valence-electron chi connectivity index (χ1n) is 9.63. The molecule has 0 bridgehead atoms. The summed E-state index contributed by atoms with van der Waals surface area (Å²) in [6, 6.07) is 9.24. The van der Waals surface area contributed by atoms with Crippen LogP contribution in [0.15, 0.2) is 46.4 Å². The second kappa shape index (κ2) is 7.83. The maximum absolute atomic E-state index is 12.6. The summed E-state index contributed by atoms with van der Waals surface area (Å²) in [5.41, 5.74) is 1.34. The fraction of sp³-hybridized carbons (Fsp3) is 0.286. The molecule has 1 atom stereocenters. The summed E-state index contributed by atoms with van der Waals surface area (Å²) in [7, 11) is 0. The van der Waals surface area contributed by atoms with Crippen LogP contribution in [-0.4, -0.2) is 36.6 Å². The summed E-state index contributed by atoms with van der Waals surface area (Å²) in [5, 5.41) is 4.81. The number of carbonyl (C=O) groups excluding carboxylic acids is 2. The molecule has 1 fully saturated rings. The molecule has 2 aliphatic rings. The van der Waals surface area contributed by atoms with Crippen LogP contribution >= 0.6 is 11.3 Å². The molecule has 2 aromatic heterocycles. The number of aromatic nitrogens is 1. The van der Waals surface area contributed by atoms with E-state index in [1.807, 2.05) is 23.6 Å². The number of anilines is 1. The molecule has 1 N–H and O–H groups in total. The van der Waals surface area contributed by atoms with E-state index in [4.69, 9.17) is 13.9 Å². The third-order valence-electron chi connectivity index (χ3n) is 5.06. The number of thiophene rings is 1. The lowest BCUT2D eigenvalue weighted by Crippen LogP contribution is -2.32. The zero-order valence-electron chi connectivity index (χ0n) is 16.0. The minimum Gasteiger partial charge on any atom is -0.486 e. The highest BCUT2D eigenvalue weighted by Gasteiger charge is 2.35. The number of nitrogens with zero attached hydrogens (tertiary/aromatic N) is 2. The smallest absolute Gasteiger partial charge is 0.236 e. The number of ether oxygens (including phenoxy) is 2. The number of rotatable bonds is 5. The average molecular weight is 425 g/mol. The monoisotopic (exact) mass is 425 g/mol. The van der Waals surface area contributed by atoms with Gasteiger partial charge in [-0.15, -0.1) is 11.3 Å². The normalized spacial score (nSPS) is 17.9. The standard InChI is InChI=1S/C21H19N3O5S/c25-19-8-13(11-24(19)15-3-4-16-17(9-15)28-6-5-27-16)20(26)22-10-14-12-29-21(23-14)18-2-1-7-30-18/h1-4,7,9,12-13H,5-6,8,10-11H2,(H,22,26)/t13-/m1/s1. The Balaban J connectivity index is 1.21. The Kier molecular flexibility index (Phi) is 4.88. The Morgan fingerprint density at radius 3 is 2.93 bits per heavy atom. The first-order valence-corrected chi connectivity index (χ1v) is 10.5. The van der Waals surface area contributed by atoms with Crippen molar-refractivity contribution in [3.8, 4) is 22.3 Å². The molecule has 5 rings (SSSR count). The number of hydrogen-bond acceptors (Lipinski definition) is 7. The average Bonchev–Trinajstić information content (AvgIpc) is 3.52. The van der Waals surface area contributed by atoms with E-state index in [-0.39, 0.29) is 24.8 Å². The Morgan fingerprint density at radius 1 is 1.23 bits per heavy atom. The number of amides is 2. The van der Waals surface area contributed by atoms with Crippen molar-refractivity contribution in [2.45, 2.75) is 13.0 Å². The maximum atomic E-state index is 12.6. The molecule has 154 valence electrons. The van der Waals surface area contributed by atoms with E-state index < -0.39 is 5.92 Å². The molecule has 2 aliphatic heterocycles. The number of nitrogens with one attached hydrogen (secondary N) is 1. The predicted molar refractivity (Wildman–Crippen MR) is 110 cm³/mol. The fourth-order valence-corrected chi connectivity index (χ4v) is 4.21. The van der Waals surface area contributed by atoms with E-state index in [1.165, 1.54) is 17.6 Å². The lowest BCUT2D eigenvalue weighted by molar-refractivity contribution is -0.126. The van der Waals surface area contributed by atoms with Gasteiger partial charge in [0.1, 0.15) is 19.5 Å². The second-order valence-corrected chi connectivity index (χ2v) is 8.02. The van der Waals surface area contributed by atoms with Gasteiger partial charge in [0.05, 0.1) is 23.0 Å². The molecule has 3 aromatic rings. The molecular weight excluding hydrogens is 406 g/mol. The lowest BCUT2D eigenvalue weighted by Gasteiger charge is -2.22. The van der Waals surface area contributed by atoms with Gasteiger partial charge in [-0.05, 0) is 23.6 Å². The maximum Gasteiger partial charge on any atom is 0.236 e. The summed E-state index contributed by atoms with van der Waals surface area (Å²) in [6.45, 7) is 1.56. The third-order valence-corrected chi connectivity index (χ3v) is 5.92. The highest BCUT2D eigenvalue weighted by Crippen LogP contribution is 2.36. The van der Waals surface area contributed by atoms with E-state index in [9.17, 15) is 9.59 Å². The van der Waals surface area contributed by atoms with Crippen molar-refractivity contribution in [3.63, 3.8) is 0 Å². The van der Waals surface area contributed by atoms with Crippen molar-refractivity contribution in [3.05, 3.63) is 47.7 Å². The van der Waals surface area contributed by atoms with Gasteiger partial charge in [0.2, 0.25) is 17.7 Å². The number of fused-ring (bicyclic) bond motifs is 1. The first kappa shape index (κ1) is 18.7. The molecule has 2 amide bonds. The van der Waals surface area contributed by atoms with Crippen molar-refractivity contribution in [2.24, 2.45) is 5.92 Å². The van der Waals surface area contributed by atoms with Crippen molar-refractivity contribution in [1.82, 2.24) is 10.3 Å². The first-order chi connectivity index (χ1) is 14.7. The van der Waals surface area contributed by atoms with E-state index in [2.05, 4.69) is 10.3 Å². The summed E-state index contributed by atoms with van der Waals surface area (Å²) < 4.78 is 16.6. The number of benzene rings is 1. The molecule has 0 aliphatic carbocycles. The number of hydrogen-bond donors (Lipinski definition) is 1. The quantitative estimate of drug-likeness (QED) is 0.676. The Morgan fingerprint density at radius 2 is 2.10 bits per heavy atom. The summed E-state index contributed by atoms with van der Waals surface area (Å²) in [6.07, 6.45) is 1.70. The molecule has 8 nitrogen and oxygen atoms in total. The zero-order valence-corrected chi connectivity index (χ0v) is 16.8. The van der Waals surface area contributed by atoms with Gasteiger partial charge < -0.3 is 24.1 Å². The van der Waals surface area contributed by atoms with Gasteiger partial charge in [0.15, 0.2) is 11.5 Å².